The minimum absolute atomic E-state index is 0.00918. The standard InChI is InChI=1S/C12H13Cl3O4/c1-6(9(13)10(14)15)19-12(18)8-5-3-2-4-7(8)11(16)17/h2-3,6-8H,4-5H2,1H3,(H,16,17). The number of esters is 1. The largest absolute Gasteiger partial charge is 0.481 e. The van der Waals surface area contributed by atoms with E-state index in [0.717, 1.165) is 0 Å². The van der Waals surface area contributed by atoms with Crippen molar-refractivity contribution in [2.24, 2.45) is 11.8 Å². The lowest BCUT2D eigenvalue weighted by Crippen LogP contribution is -2.34. The molecule has 0 bridgehead atoms. The molecule has 0 fully saturated rings. The fourth-order valence-corrected chi connectivity index (χ4v) is 2.17. The fraction of sp³-hybridized carbons (Fsp3) is 0.500. The molecule has 0 saturated heterocycles. The molecule has 0 aromatic rings. The van der Waals surface area contributed by atoms with Crippen LogP contribution in [0.1, 0.15) is 19.8 Å². The van der Waals surface area contributed by atoms with Gasteiger partial charge < -0.3 is 9.84 Å². The van der Waals surface area contributed by atoms with Gasteiger partial charge in [-0.15, -0.1) is 0 Å². The van der Waals surface area contributed by atoms with Gasteiger partial charge in [0.15, 0.2) is 0 Å². The lowest BCUT2D eigenvalue weighted by molar-refractivity contribution is -0.159. The van der Waals surface area contributed by atoms with Gasteiger partial charge in [0.05, 0.1) is 16.9 Å². The number of hydrogen-bond acceptors (Lipinski definition) is 3. The first-order chi connectivity index (χ1) is 8.84. The van der Waals surface area contributed by atoms with E-state index in [2.05, 4.69) is 0 Å². The Morgan fingerprint density at radius 3 is 2.21 bits per heavy atom. The van der Waals surface area contributed by atoms with Crippen LogP contribution in [0.25, 0.3) is 0 Å². The second-order valence-electron chi connectivity index (χ2n) is 4.18. The van der Waals surface area contributed by atoms with E-state index < -0.39 is 29.9 Å². The first-order valence-electron chi connectivity index (χ1n) is 5.63. The highest BCUT2D eigenvalue weighted by Gasteiger charge is 2.36. The van der Waals surface area contributed by atoms with E-state index >= 15 is 0 Å². The number of allylic oxidation sites excluding steroid dienone is 2. The molecule has 4 nitrogen and oxygen atoms in total. The van der Waals surface area contributed by atoms with Crippen LogP contribution in [0.2, 0.25) is 0 Å². The molecule has 0 spiro atoms. The molecule has 0 amide bonds. The van der Waals surface area contributed by atoms with Crippen LogP contribution in [0.15, 0.2) is 21.7 Å². The van der Waals surface area contributed by atoms with Crippen LogP contribution < -0.4 is 0 Å². The number of carboxylic acid groups (broad SMARTS) is 1. The molecule has 1 aliphatic carbocycles. The Labute approximate surface area is 126 Å². The number of ether oxygens (including phenoxy) is 1. The van der Waals surface area contributed by atoms with Crippen LogP contribution >= 0.6 is 34.8 Å². The maximum Gasteiger partial charge on any atom is 0.310 e. The van der Waals surface area contributed by atoms with Crippen molar-refractivity contribution < 1.29 is 19.4 Å². The van der Waals surface area contributed by atoms with E-state index in [9.17, 15) is 9.59 Å². The van der Waals surface area contributed by atoms with E-state index in [1.165, 1.54) is 6.92 Å². The van der Waals surface area contributed by atoms with Crippen molar-refractivity contribution in [2.45, 2.75) is 25.9 Å². The maximum atomic E-state index is 12.0. The van der Waals surface area contributed by atoms with Gasteiger partial charge >= 0.3 is 11.9 Å². The summed E-state index contributed by atoms with van der Waals surface area (Å²) in [5, 5.41) is 9.08. The molecular weight excluding hydrogens is 314 g/mol. The summed E-state index contributed by atoms with van der Waals surface area (Å²) in [6.07, 6.45) is 3.35. The Morgan fingerprint density at radius 1 is 1.21 bits per heavy atom. The van der Waals surface area contributed by atoms with E-state index in [-0.39, 0.29) is 9.52 Å². The van der Waals surface area contributed by atoms with Crippen molar-refractivity contribution >= 4 is 46.7 Å². The van der Waals surface area contributed by atoms with Crippen molar-refractivity contribution in [3.8, 4) is 0 Å². The molecule has 0 aliphatic heterocycles. The molecular formula is C12H13Cl3O4. The lowest BCUT2D eigenvalue weighted by Gasteiger charge is -2.25. The zero-order valence-electron chi connectivity index (χ0n) is 10.1. The topological polar surface area (TPSA) is 63.6 Å². The average molecular weight is 328 g/mol. The highest BCUT2D eigenvalue weighted by Crippen LogP contribution is 2.29. The molecule has 0 aromatic carbocycles. The lowest BCUT2D eigenvalue weighted by atomic mass is 9.83. The first kappa shape index (κ1) is 16.3. The third-order valence-corrected chi connectivity index (χ3v) is 3.98. The summed E-state index contributed by atoms with van der Waals surface area (Å²) in [5.41, 5.74) is 0. The molecule has 19 heavy (non-hydrogen) atoms. The Morgan fingerprint density at radius 2 is 1.74 bits per heavy atom. The van der Waals surface area contributed by atoms with Gasteiger partial charge in [-0.05, 0) is 19.8 Å². The summed E-state index contributed by atoms with van der Waals surface area (Å²) in [6, 6.07) is 0. The summed E-state index contributed by atoms with van der Waals surface area (Å²) in [5.74, 6) is -3.13. The second-order valence-corrected chi connectivity index (χ2v) is 5.54. The molecule has 0 aromatic heterocycles. The number of rotatable bonds is 4. The van der Waals surface area contributed by atoms with Gasteiger partial charge in [0.25, 0.3) is 0 Å². The van der Waals surface area contributed by atoms with Crippen LogP contribution in [0.3, 0.4) is 0 Å². The average Bonchev–Trinajstić information content (AvgIpc) is 2.37. The Hall–Kier alpha value is -0.710. The number of aliphatic carboxylic acids is 1. The monoisotopic (exact) mass is 326 g/mol. The maximum absolute atomic E-state index is 12.0. The predicted molar refractivity (Wildman–Crippen MR) is 73.1 cm³/mol. The van der Waals surface area contributed by atoms with E-state index in [1.54, 1.807) is 12.2 Å². The highest BCUT2D eigenvalue weighted by atomic mass is 35.5. The van der Waals surface area contributed by atoms with Crippen molar-refractivity contribution in [3.05, 3.63) is 21.7 Å². The van der Waals surface area contributed by atoms with Crippen LogP contribution in [-0.2, 0) is 14.3 Å². The van der Waals surface area contributed by atoms with Gasteiger partial charge in [-0.25, -0.2) is 0 Å². The summed E-state index contributed by atoms with van der Waals surface area (Å²) in [4.78, 5) is 23.0. The Kier molecular flexibility index (Phi) is 6.17. The summed E-state index contributed by atoms with van der Waals surface area (Å²) in [6.45, 7) is 1.51. The Balaban J connectivity index is 2.74. The highest BCUT2D eigenvalue weighted by molar-refractivity contribution is 6.59. The molecule has 1 aliphatic rings. The Bertz CT molecular complexity index is 427. The van der Waals surface area contributed by atoms with Gasteiger partial charge in [-0.3, -0.25) is 9.59 Å². The molecule has 1 rings (SSSR count). The quantitative estimate of drug-likeness (QED) is 0.634. The third kappa shape index (κ3) is 4.41. The zero-order valence-corrected chi connectivity index (χ0v) is 12.4. The first-order valence-corrected chi connectivity index (χ1v) is 6.77. The molecule has 0 saturated carbocycles. The van der Waals surface area contributed by atoms with Crippen molar-refractivity contribution in [3.63, 3.8) is 0 Å². The summed E-state index contributed by atoms with van der Waals surface area (Å²) in [7, 11) is 0. The number of carbonyl (C=O) groups excluding carboxylic acids is 1. The van der Waals surface area contributed by atoms with Crippen molar-refractivity contribution in [1.29, 1.82) is 0 Å². The van der Waals surface area contributed by atoms with Gasteiger partial charge in [0.1, 0.15) is 10.6 Å². The summed E-state index contributed by atoms with van der Waals surface area (Å²) < 4.78 is 4.92. The van der Waals surface area contributed by atoms with Crippen LogP contribution in [-0.4, -0.2) is 23.1 Å². The molecule has 106 valence electrons. The van der Waals surface area contributed by atoms with Crippen LogP contribution in [0, 0.1) is 11.8 Å². The second kappa shape index (κ2) is 7.17. The normalized spacial score (nSPS) is 23.6. The van der Waals surface area contributed by atoms with Gasteiger partial charge in [-0.1, -0.05) is 47.0 Å². The van der Waals surface area contributed by atoms with E-state index in [0.29, 0.717) is 12.8 Å². The SMILES string of the molecule is CC(OC(=O)C1CC=CCC1C(=O)O)C(Cl)=C(Cl)Cl. The molecule has 3 unspecified atom stereocenters. The predicted octanol–water partition coefficient (Wildman–Crippen LogP) is 3.47. The molecule has 0 heterocycles. The smallest absolute Gasteiger partial charge is 0.310 e. The molecule has 1 N–H and O–H groups in total. The zero-order chi connectivity index (χ0) is 14.6. The molecule has 7 heteroatoms. The van der Waals surface area contributed by atoms with Gasteiger partial charge in [-0.2, -0.15) is 0 Å². The third-order valence-electron chi connectivity index (χ3n) is 2.88. The fourth-order valence-electron chi connectivity index (χ4n) is 1.81. The van der Waals surface area contributed by atoms with Gasteiger partial charge in [0.2, 0.25) is 0 Å². The van der Waals surface area contributed by atoms with Crippen LogP contribution in [0.4, 0.5) is 0 Å². The van der Waals surface area contributed by atoms with Gasteiger partial charge in [0, 0.05) is 0 Å². The van der Waals surface area contributed by atoms with E-state index in [4.69, 9.17) is 44.6 Å². The van der Waals surface area contributed by atoms with E-state index in [1.807, 2.05) is 0 Å². The number of carboxylic acids is 1. The summed E-state index contributed by atoms with van der Waals surface area (Å²) >= 11 is 16.7. The minimum Gasteiger partial charge on any atom is -0.481 e. The molecule has 0 radical (unpaired) electrons. The van der Waals surface area contributed by atoms with Crippen molar-refractivity contribution in [1.82, 2.24) is 0 Å². The number of hydrogen-bond donors (Lipinski definition) is 1. The minimum atomic E-state index is -1.02. The van der Waals surface area contributed by atoms with Crippen molar-refractivity contribution in [2.75, 3.05) is 0 Å². The number of halogens is 3. The molecule has 3 atom stereocenters. The van der Waals surface area contributed by atoms with Crippen LogP contribution in [0.5, 0.6) is 0 Å². The number of carbonyl (C=O) groups is 2.